The number of likely N-dealkylation sites (N-methyl/N-ethyl adjacent to an activating group) is 1. The van der Waals surface area contributed by atoms with Crippen molar-refractivity contribution in [2.45, 2.75) is 26.9 Å². The maximum Gasteiger partial charge on any atom is 0.237 e. The van der Waals surface area contributed by atoms with Gasteiger partial charge in [0.25, 0.3) is 0 Å². The topological polar surface area (TPSA) is 45.3 Å². The van der Waals surface area contributed by atoms with Crippen LogP contribution < -0.4 is 9.47 Å². The van der Waals surface area contributed by atoms with Crippen molar-refractivity contribution in [3.05, 3.63) is 45.6 Å². The molecule has 6 nitrogen and oxygen atoms in total. The Kier molecular flexibility index (Phi) is 8.13. The molecule has 0 N–H and O–H groups in total. The van der Waals surface area contributed by atoms with E-state index < -0.39 is 0 Å². The van der Waals surface area contributed by atoms with Crippen molar-refractivity contribution in [2.24, 2.45) is 0 Å². The Morgan fingerprint density at radius 1 is 1.10 bits per heavy atom. The van der Waals surface area contributed by atoms with Crippen molar-refractivity contribution in [3.63, 3.8) is 0 Å². The van der Waals surface area contributed by atoms with Crippen molar-refractivity contribution in [3.8, 4) is 11.5 Å². The van der Waals surface area contributed by atoms with Crippen LogP contribution in [-0.4, -0.2) is 74.1 Å². The van der Waals surface area contributed by atoms with E-state index in [4.69, 9.17) is 9.47 Å². The molecule has 164 valence electrons. The van der Waals surface area contributed by atoms with Crippen LogP contribution in [0.3, 0.4) is 0 Å². The van der Waals surface area contributed by atoms with Gasteiger partial charge in [-0.2, -0.15) is 0 Å². The van der Waals surface area contributed by atoms with Gasteiger partial charge in [-0.15, -0.1) is 11.3 Å². The average Bonchev–Trinajstić information content (AvgIpc) is 3.27. The van der Waals surface area contributed by atoms with E-state index in [0.29, 0.717) is 13.1 Å². The largest absolute Gasteiger partial charge is 0.493 e. The first-order chi connectivity index (χ1) is 14.5. The van der Waals surface area contributed by atoms with Gasteiger partial charge in [0.15, 0.2) is 11.5 Å². The van der Waals surface area contributed by atoms with Crippen molar-refractivity contribution in [2.75, 3.05) is 53.5 Å². The SMILES string of the molecule is CCN(Cc1cccs1)C(=O)CN1CCN(Cc2cc(OC)c(OC)cc2C)CC1. The van der Waals surface area contributed by atoms with E-state index in [-0.39, 0.29) is 5.91 Å². The van der Waals surface area contributed by atoms with E-state index in [2.05, 4.69) is 41.2 Å². The van der Waals surface area contributed by atoms with Crippen molar-refractivity contribution < 1.29 is 14.3 Å². The number of aryl methyl sites for hydroxylation is 1. The summed E-state index contributed by atoms with van der Waals surface area (Å²) in [5.74, 6) is 1.76. The third-order valence-electron chi connectivity index (χ3n) is 5.72. The van der Waals surface area contributed by atoms with E-state index in [1.807, 2.05) is 17.0 Å². The Bertz CT molecular complexity index is 817. The van der Waals surface area contributed by atoms with Crippen LogP contribution >= 0.6 is 11.3 Å². The zero-order valence-electron chi connectivity index (χ0n) is 18.5. The summed E-state index contributed by atoms with van der Waals surface area (Å²) in [6.07, 6.45) is 0. The first kappa shape index (κ1) is 22.6. The summed E-state index contributed by atoms with van der Waals surface area (Å²) in [5, 5.41) is 2.06. The van der Waals surface area contributed by atoms with Crippen LogP contribution in [0.25, 0.3) is 0 Å². The number of ether oxygens (including phenoxy) is 2. The predicted molar refractivity (Wildman–Crippen MR) is 121 cm³/mol. The summed E-state index contributed by atoms with van der Waals surface area (Å²) in [6.45, 7) is 10.7. The number of benzene rings is 1. The van der Waals surface area contributed by atoms with Crippen LogP contribution in [-0.2, 0) is 17.9 Å². The standard InChI is InChI=1S/C23H33N3O3S/c1-5-26(16-20-7-6-12-30-20)23(27)17-25-10-8-24(9-11-25)15-19-14-22(29-4)21(28-3)13-18(19)2/h6-7,12-14H,5,8-11,15-17H2,1-4H3. The highest BCUT2D eigenvalue weighted by atomic mass is 32.1. The molecule has 7 heteroatoms. The van der Waals surface area contributed by atoms with E-state index in [1.165, 1.54) is 16.0 Å². The van der Waals surface area contributed by atoms with Gasteiger partial charge in [-0.25, -0.2) is 0 Å². The molecule has 0 unspecified atom stereocenters. The van der Waals surface area contributed by atoms with Crippen LogP contribution in [0.15, 0.2) is 29.6 Å². The molecule has 1 aliphatic rings. The molecular formula is C23H33N3O3S. The average molecular weight is 432 g/mol. The number of methoxy groups -OCH3 is 2. The van der Waals surface area contributed by atoms with Crippen molar-refractivity contribution >= 4 is 17.2 Å². The molecule has 0 atom stereocenters. The second-order valence-corrected chi connectivity index (χ2v) is 8.71. The first-order valence-electron chi connectivity index (χ1n) is 10.5. The highest BCUT2D eigenvalue weighted by molar-refractivity contribution is 7.09. The van der Waals surface area contributed by atoms with Gasteiger partial charge in [-0.1, -0.05) is 6.07 Å². The monoisotopic (exact) mass is 431 g/mol. The van der Waals surface area contributed by atoms with E-state index in [9.17, 15) is 4.79 Å². The zero-order valence-corrected chi connectivity index (χ0v) is 19.3. The van der Waals surface area contributed by atoms with Gasteiger partial charge < -0.3 is 14.4 Å². The molecule has 1 aliphatic heterocycles. The van der Waals surface area contributed by atoms with Gasteiger partial charge in [-0.3, -0.25) is 14.6 Å². The lowest BCUT2D eigenvalue weighted by Crippen LogP contribution is -2.49. The minimum atomic E-state index is 0.218. The lowest BCUT2D eigenvalue weighted by molar-refractivity contribution is -0.133. The van der Waals surface area contributed by atoms with Crippen LogP contribution in [0.1, 0.15) is 22.9 Å². The molecule has 0 spiro atoms. The maximum atomic E-state index is 12.8. The molecule has 1 fully saturated rings. The lowest BCUT2D eigenvalue weighted by atomic mass is 10.1. The molecule has 1 aromatic carbocycles. The summed E-state index contributed by atoms with van der Waals surface area (Å²) >= 11 is 1.71. The molecule has 0 bridgehead atoms. The Labute approximate surface area is 184 Å². The third-order valence-corrected chi connectivity index (χ3v) is 6.58. The van der Waals surface area contributed by atoms with Crippen LogP contribution in [0.4, 0.5) is 0 Å². The van der Waals surface area contributed by atoms with Gasteiger partial charge >= 0.3 is 0 Å². The Morgan fingerprint density at radius 2 is 1.77 bits per heavy atom. The van der Waals surface area contributed by atoms with Gasteiger partial charge in [-0.05, 0) is 48.6 Å². The molecule has 1 aromatic heterocycles. The molecule has 1 saturated heterocycles. The molecule has 30 heavy (non-hydrogen) atoms. The number of amides is 1. The third kappa shape index (κ3) is 5.74. The quantitative estimate of drug-likeness (QED) is 0.610. The zero-order chi connectivity index (χ0) is 21.5. The predicted octanol–water partition coefficient (Wildman–Crippen LogP) is 3.24. The molecule has 0 aliphatic carbocycles. The van der Waals surface area contributed by atoms with E-state index >= 15 is 0 Å². The summed E-state index contributed by atoms with van der Waals surface area (Å²) < 4.78 is 10.9. The molecule has 0 radical (unpaired) electrons. The van der Waals surface area contributed by atoms with Gasteiger partial charge in [0.2, 0.25) is 5.91 Å². The number of hydrogen-bond acceptors (Lipinski definition) is 6. The fourth-order valence-electron chi connectivity index (χ4n) is 3.80. The second-order valence-electron chi connectivity index (χ2n) is 7.67. The highest BCUT2D eigenvalue weighted by Gasteiger charge is 2.22. The molecule has 0 saturated carbocycles. The molecule has 1 amide bonds. The summed E-state index contributed by atoms with van der Waals surface area (Å²) in [6, 6.07) is 8.25. The van der Waals surface area contributed by atoms with Crippen molar-refractivity contribution in [1.29, 1.82) is 0 Å². The fraction of sp³-hybridized carbons (Fsp3) is 0.522. The molecule has 3 rings (SSSR count). The van der Waals surface area contributed by atoms with E-state index in [0.717, 1.165) is 50.8 Å². The normalized spacial score (nSPS) is 15.2. The highest BCUT2D eigenvalue weighted by Crippen LogP contribution is 2.31. The Balaban J connectivity index is 1.50. The van der Waals surface area contributed by atoms with E-state index in [1.54, 1.807) is 25.6 Å². The Morgan fingerprint density at radius 3 is 2.37 bits per heavy atom. The minimum Gasteiger partial charge on any atom is -0.493 e. The Hall–Kier alpha value is -2.09. The minimum absolute atomic E-state index is 0.218. The second kappa shape index (κ2) is 10.8. The number of rotatable bonds is 9. The number of hydrogen-bond donors (Lipinski definition) is 0. The maximum absolute atomic E-state index is 12.8. The van der Waals surface area contributed by atoms with Gasteiger partial charge in [0, 0.05) is 44.1 Å². The molecule has 2 heterocycles. The number of thiophene rings is 1. The van der Waals surface area contributed by atoms with Crippen molar-refractivity contribution in [1.82, 2.24) is 14.7 Å². The number of carbonyl (C=O) groups excluding carboxylic acids is 1. The summed E-state index contributed by atoms with van der Waals surface area (Å²) in [4.78, 5) is 20.7. The summed E-state index contributed by atoms with van der Waals surface area (Å²) in [7, 11) is 3.34. The fourth-order valence-corrected chi connectivity index (χ4v) is 4.52. The molecular weight excluding hydrogens is 398 g/mol. The number of nitrogens with zero attached hydrogens (tertiary/aromatic N) is 3. The number of carbonyl (C=O) groups is 1. The van der Waals surface area contributed by atoms with Gasteiger partial charge in [0.1, 0.15) is 0 Å². The lowest BCUT2D eigenvalue weighted by Gasteiger charge is -2.35. The van der Waals surface area contributed by atoms with Crippen LogP contribution in [0.2, 0.25) is 0 Å². The first-order valence-corrected chi connectivity index (χ1v) is 11.4. The smallest absolute Gasteiger partial charge is 0.237 e. The molecule has 2 aromatic rings. The summed E-state index contributed by atoms with van der Waals surface area (Å²) in [5.41, 5.74) is 2.46. The van der Waals surface area contributed by atoms with Crippen LogP contribution in [0.5, 0.6) is 11.5 Å². The number of piperazine rings is 1. The van der Waals surface area contributed by atoms with Gasteiger partial charge in [0.05, 0.1) is 27.3 Å². The van der Waals surface area contributed by atoms with Crippen LogP contribution in [0, 0.1) is 6.92 Å².